The fourth-order valence-electron chi connectivity index (χ4n) is 3.61. The molecule has 1 aliphatic heterocycles. The summed E-state index contributed by atoms with van der Waals surface area (Å²) in [6.07, 6.45) is 0.650. The summed E-state index contributed by atoms with van der Waals surface area (Å²) in [6.45, 7) is 5.13. The highest BCUT2D eigenvalue weighted by atomic mass is 35.5. The number of aromatic nitrogens is 3. The van der Waals surface area contributed by atoms with Gasteiger partial charge in [0, 0.05) is 26.2 Å². The molecule has 3 aromatic rings. The third kappa shape index (κ3) is 4.12. The smallest absolute Gasteiger partial charge is 0.273 e. The average molecular weight is 444 g/mol. The van der Waals surface area contributed by atoms with Gasteiger partial charge in [-0.25, -0.2) is 14.1 Å². The minimum atomic E-state index is -0.535. The fraction of sp³-hybridized carbons (Fsp3) is 0.364. The van der Waals surface area contributed by atoms with Crippen LogP contribution < -0.4 is 0 Å². The van der Waals surface area contributed by atoms with Crippen LogP contribution in [0.4, 0.5) is 4.39 Å². The summed E-state index contributed by atoms with van der Waals surface area (Å²) < 4.78 is 15.7. The summed E-state index contributed by atoms with van der Waals surface area (Å²) in [5, 5.41) is 4.70. The van der Waals surface area contributed by atoms with Crippen LogP contribution in [0.5, 0.6) is 0 Å². The Hall–Kier alpha value is -3.00. The molecule has 0 unspecified atom stereocenters. The molecule has 4 rings (SSSR count). The molecule has 9 heteroatoms. The molecule has 0 saturated carbocycles. The Balaban J connectivity index is 1.76. The first-order chi connectivity index (χ1) is 14.7. The number of fused-ring (bicyclic) bond motifs is 1. The lowest BCUT2D eigenvalue weighted by molar-refractivity contribution is -0.133. The SMILES string of the molecule is CC(C)Cc1nn(-c2ccc(Cl)c(F)c2)c2ccc(C(=O)N3CCN(C)C(=O)C3)nc12. The van der Waals surface area contributed by atoms with E-state index in [0.717, 1.165) is 5.69 Å². The number of rotatable bonds is 4. The van der Waals surface area contributed by atoms with Crippen molar-refractivity contribution in [2.45, 2.75) is 20.3 Å². The van der Waals surface area contributed by atoms with E-state index in [4.69, 9.17) is 11.6 Å². The van der Waals surface area contributed by atoms with Crippen LogP contribution in [0.15, 0.2) is 30.3 Å². The number of pyridine rings is 1. The molecule has 0 aliphatic carbocycles. The van der Waals surface area contributed by atoms with Gasteiger partial charge in [0.05, 0.1) is 21.9 Å². The second-order valence-electron chi connectivity index (χ2n) is 8.16. The van der Waals surface area contributed by atoms with E-state index in [-0.39, 0.29) is 29.1 Å². The first-order valence-corrected chi connectivity index (χ1v) is 10.5. The third-order valence-electron chi connectivity index (χ3n) is 5.31. The van der Waals surface area contributed by atoms with E-state index in [0.29, 0.717) is 42.1 Å². The number of nitrogens with zero attached hydrogens (tertiary/aromatic N) is 5. The van der Waals surface area contributed by atoms with Crippen LogP contribution >= 0.6 is 11.6 Å². The van der Waals surface area contributed by atoms with Crippen molar-refractivity contribution in [2.75, 3.05) is 26.7 Å². The van der Waals surface area contributed by atoms with Gasteiger partial charge in [-0.15, -0.1) is 0 Å². The Morgan fingerprint density at radius 2 is 2.00 bits per heavy atom. The van der Waals surface area contributed by atoms with Crippen LogP contribution in [0.2, 0.25) is 5.02 Å². The topological polar surface area (TPSA) is 71.3 Å². The van der Waals surface area contributed by atoms with E-state index >= 15 is 0 Å². The molecule has 162 valence electrons. The number of likely N-dealkylation sites (N-methyl/N-ethyl adjacent to an activating group) is 1. The van der Waals surface area contributed by atoms with E-state index in [2.05, 4.69) is 23.9 Å². The fourth-order valence-corrected chi connectivity index (χ4v) is 3.73. The Kier molecular flexibility index (Phi) is 5.66. The van der Waals surface area contributed by atoms with Crippen molar-refractivity contribution in [1.82, 2.24) is 24.6 Å². The minimum absolute atomic E-state index is 0.0374. The molecule has 31 heavy (non-hydrogen) atoms. The molecule has 0 spiro atoms. The number of piperazine rings is 1. The lowest BCUT2D eigenvalue weighted by atomic mass is 10.1. The number of amides is 2. The van der Waals surface area contributed by atoms with Gasteiger partial charge < -0.3 is 9.80 Å². The van der Waals surface area contributed by atoms with E-state index in [1.54, 1.807) is 34.8 Å². The normalized spacial score (nSPS) is 14.7. The molecular formula is C22H23ClFN5O2. The number of hydrogen-bond donors (Lipinski definition) is 0. The summed E-state index contributed by atoms with van der Waals surface area (Å²) in [4.78, 5) is 32.7. The predicted molar refractivity (Wildman–Crippen MR) is 116 cm³/mol. The van der Waals surface area contributed by atoms with Crippen molar-refractivity contribution < 1.29 is 14.0 Å². The van der Waals surface area contributed by atoms with Gasteiger partial charge in [-0.2, -0.15) is 5.10 Å². The Labute approximate surface area is 184 Å². The maximum absolute atomic E-state index is 14.0. The average Bonchev–Trinajstić information content (AvgIpc) is 3.08. The van der Waals surface area contributed by atoms with Gasteiger partial charge in [0.15, 0.2) is 0 Å². The molecule has 0 atom stereocenters. The zero-order valence-corrected chi connectivity index (χ0v) is 18.4. The van der Waals surface area contributed by atoms with Gasteiger partial charge in [-0.1, -0.05) is 25.4 Å². The first-order valence-electron chi connectivity index (χ1n) is 10.1. The lowest BCUT2D eigenvalue weighted by Gasteiger charge is -2.31. The monoisotopic (exact) mass is 443 g/mol. The summed E-state index contributed by atoms with van der Waals surface area (Å²) in [5.74, 6) is -0.611. The first kappa shape index (κ1) is 21.2. The van der Waals surface area contributed by atoms with E-state index < -0.39 is 5.82 Å². The lowest BCUT2D eigenvalue weighted by Crippen LogP contribution is -2.50. The van der Waals surface area contributed by atoms with Crippen molar-refractivity contribution in [3.05, 3.63) is 52.6 Å². The van der Waals surface area contributed by atoms with Gasteiger partial charge in [0.2, 0.25) is 5.91 Å². The minimum Gasteiger partial charge on any atom is -0.342 e. The quantitative estimate of drug-likeness (QED) is 0.620. The highest BCUT2D eigenvalue weighted by Gasteiger charge is 2.27. The summed E-state index contributed by atoms with van der Waals surface area (Å²) in [5.41, 5.74) is 2.77. The summed E-state index contributed by atoms with van der Waals surface area (Å²) in [7, 11) is 1.72. The van der Waals surface area contributed by atoms with E-state index in [1.807, 2.05) is 0 Å². The van der Waals surface area contributed by atoms with Crippen molar-refractivity contribution in [3.63, 3.8) is 0 Å². The number of benzene rings is 1. The molecular weight excluding hydrogens is 421 g/mol. The number of halogens is 2. The largest absolute Gasteiger partial charge is 0.342 e. The number of carbonyl (C=O) groups is 2. The molecule has 7 nitrogen and oxygen atoms in total. The highest BCUT2D eigenvalue weighted by Crippen LogP contribution is 2.26. The zero-order valence-electron chi connectivity index (χ0n) is 17.6. The van der Waals surface area contributed by atoms with Crippen LogP contribution in [0.3, 0.4) is 0 Å². The van der Waals surface area contributed by atoms with Gasteiger partial charge in [0.1, 0.15) is 23.6 Å². The Morgan fingerprint density at radius 1 is 1.23 bits per heavy atom. The van der Waals surface area contributed by atoms with Gasteiger partial charge in [-0.05, 0) is 36.6 Å². The summed E-state index contributed by atoms with van der Waals surface area (Å²) in [6, 6.07) is 7.88. The van der Waals surface area contributed by atoms with Crippen molar-refractivity contribution >= 4 is 34.4 Å². The van der Waals surface area contributed by atoms with Crippen molar-refractivity contribution in [1.29, 1.82) is 0 Å². The third-order valence-corrected chi connectivity index (χ3v) is 5.62. The highest BCUT2D eigenvalue weighted by molar-refractivity contribution is 6.30. The van der Waals surface area contributed by atoms with Crippen LogP contribution in [0, 0.1) is 11.7 Å². The second-order valence-corrected chi connectivity index (χ2v) is 8.57. The maximum Gasteiger partial charge on any atom is 0.273 e. The molecule has 0 N–H and O–H groups in total. The standard InChI is InChI=1S/C22H23ClFN5O2/c1-13(2)10-18-21-19(29(26-18)14-4-5-15(23)16(24)11-14)7-6-17(25-21)22(31)28-9-8-27(3)20(30)12-28/h4-7,11,13H,8-10,12H2,1-3H3. The molecule has 1 saturated heterocycles. The van der Waals surface area contributed by atoms with Gasteiger partial charge >= 0.3 is 0 Å². The second kappa shape index (κ2) is 8.26. The molecule has 1 aliphatic rings. The molecule has 2 amide bonds. The molecule has 3 heterocycles. The van der Waals surface area contributed by atoms with E-state index in [9.17, 15) is 14.0 Å². The van der Waals surface area contributed by atoms with Crippen LogP contribution in [0.1, 0.15) is 30.0 Å². The molecule has 0 bridgehead atoms. The van der Waals surface area contributed by atoms with Crippen molar-refractivity contribution in [2.24, 2.45) is 5.92 Å². The van der Waals surface area contributed by atoms with Crippen LogP contribution in [-0.4, -0.2) is 63.1 Å². The summed E-state index contributed by atoms with van der Waals surface area (Å²) >= 11 is 5.82. The van der Waals surface area contributed by atoms with Crippen molar-refractivity contribution in [3.8, 4) is 5.69 Å². The zero-order chi connectivity index (χ0) is 22.3. The maximum atomic E-state index is 14.0. The van der Waals surface area contributed by atoms with Crippen LogP contribution in [0.25, 0.3) is 16.7 Å². The van der Waals surface area contributed by atoms with Crippen LogP contribution in [-0.2, 0) is 11.2 Å². The van der Waals surface area contributed by atoms with E-state index in [1.165, 1.54) is 17.0 Å². The Morgan fingerprint density at radius 3 is 2.68 bits per heavy atom. The molecule has 1 fully saturated rings. The molecule has 0 radical (unpaired) electrons. The van der Waals surface area contributed by atoms with Gasteiger partial charge in [0.25, 0.3) is 5.91 Å². The number of hydrogen-bond acceptors (Lipinski definition) is 4. The van der Waals surface area contributed by atoms with Gasteiger partial charge in [-0.3, -0.25) is 9.59 Å². The molecule has 1 aromatic carbocycles. The Bertz CT molecular complexity index is 1180. The predicted octanol–water partition coefficient (Wildman–Crippen LogP) is 3.33. The molecule has 2 aromatic heterocycles. The number of carbonyl (C=O) groups excluding carboxylic acids is 2.